The molecular formula is C31H37NO8S2. The van der Waals surface area contributed by atoms with Crippen molar-refractivity contribution in [1.82, 2.24) is 5.32 Å². The molecule has 0 saturated carbocycles. The van der Waals surface area contributed by atoms with Gasteiger partial charge in [-0.25, -0.2) is 21.6 Å². The van der Waals surface area contributed by atoms with Crippen LogP contribution < -0.4 is 5.32 Å². The number of alkyl carbamates (subject to hydrolysis) is 1. The van der Waals surface area contributed by atoms with Crippen molar-refractivity contribution in [3.63, 3.8) is 0 Å². The van der Waals surface area contributed by atoms with E-state index >= 15 is 0 Å². The number of esters is 1. The number of nitrogens with one attached hydrogen (secondary N) is 1. The van der Waals surface area contributed by atoms with Gasteiger partial charge in [-0.2, -0.15) is 0 Å². The van der Waals surface area contributed by atoms with E-state index < -0.39 is 60.3 Å². The van der Waals surface area contributed by atoms with E-state index in [0.717, 1.165) is 0 Å². The second-order valence-electron chi connectivity index (χ2n) is 10.9. The molecule has 0 aliphatic rings. The molecule has 0 spiro atoms. The lowest BCUT2D eigenvalue weighted by molar-refractivity contribution is -0.155. The minimum absolute atomic E-state index is 0.0522. The lowest BCUT2D eigenvalue weighted by Crippen LogP contribution is -2.50. The summed E-state index contributed by atoms with van der Waals surface area (Å²) >= 11 is 0. The van der Waals surface area contributed by atoms with Gasteiger partial charge in [0.05, 0.1) is 21.8 Å². The number of hydrogen-bond acceptors (Lipinski definition) is 8. The maximum Gasteiger partial charge on any atom is 0.407 e. The van der Waals surface area contributed by atoms with Crippen molar-refractivity contribution in [2.75, 3.05) is 13.2 Å². The van der Waals surface area contributed by atoms with E-state index in [-0.39, 0.29) is 22.8 Å². The zero-order valence-electron chi connectivity index (χ0n) is 24.1. The first-order valence-electron chi connectivity index (χ1n) is 13.5. The number of amides is 1. The fourth-order valence-corrected chi connectivity index (χ4v) is 9.25. The summed E-state index contributed by atoms with van der Waals surface area (Å²) in [5, 5.41) is 2.58. The molecule has 3 aromatic carbocycles. The molecule has 0 aliphatic carbocycles. The summed E-state index contributed by atoms with van der Waals surface area (Å²) in [5.74, 6) is -0.846. The molecule has 42 heavy (non-hydrogen) atoms. The quantitative estimate of drug-likeness (QED) is 0.283. The largest absolute Gasteiger partial charge is 0.466 e. The molecule has 0 aliphatic heterocycles. The van der Waals surface area contributed by atoms with Crippen molar-refractivity contribution in [2.45, 2.75) is 60.5 Å². The molecule has 0 fully saturated rings. The molecule has 0 radical (unpaired) electrons. The average Bonchev–Trinajstić information content (AvgIpc) is 2.95. The van der Waals surface area contributed by atoms with Crippen molar-refractivity contribution >= 4 is 31.7 Å². The molecule has 9 nitrogen and oxygen atoms in total. The smallest absolute Gasteiger partial charge is 0.407 e. The molecule has 1 N–H and O–H groups in total. The maximum absolute atomic E-state index is 14.1. The van der Waals surface area contributed by atoms with Crippen LogP contribution in [0.5, 0.6) is 0 Å². The van der Waals surface area contributed by atoms with Gasteiger partial charge in [-0.1, -0.05) is 66.7 Å². The molecular weight excluding hydrogens is 578 g/mol. The van der Waals surface area contributed by atoms with Crippen molar-refractivity contribution in [3.05, 3.63) is 96.6 Å². The van der Waals surface area contributed by atoms with Crippen LogP contribution in [0.3, 0.4) is 0 Å². The first kappa shape index (κ1) is 32.8. The summed E-state index contributed by atoms with van der Waals surface area (Å²) in [5.41, 5.74) is -2.06. The van der Waals surface area contributed by atoms with Gasteiger partial charge in [-0.05, 0) is 70.4 Å². The molecule has 0 aromatic heterocycles. The second kappa shape index (κ2) is 13.5. The van der Waals surface area contributed by atoms with Crippen LogP contribution in [0, 0.1) is 5.41 Å². The minimum atomic E-state index is -4.59. The zero-order chi connectivity index (χ0) is 31.0. The van der Waals surface area contributed by atoms with E-state index in [0.29, 0.717) is 5.56 Å². The number of carbonyl (C=O) groups excluding carboxylic acids is 2. The Morgan fingerprint density at radius 2 is 1.21 bits per heavy atom. The molecule has 0 bridgehead atoms. The third kappa shape index (κ3) is 8.19. The molecule has 3 aromatic rings. The number of benzene rings is 3. The Labute approximate surface area is 248 Å². The number of rotatable bonds is 12. The Kier molecular flexibility index (Phi) is 10.6. The average molecular weight is 616 g/mol. The lowest BCUT2D eigenvalue weighted by atomic mass is 9.78. The van der Waals surface area contributed by atoms with Crippen molar-refractivity contribution in [3.8, 4) is 0 Å². The minimum Gasteiger partial charge on any atom is -0.466 e. The van der Waals surface area contributed by atoms with E-state index in [9.17, 15) is 26.4 Å². The Bertz CT molecular complexity index is 1480. The fourth-order valence-electron chi connectivity index (χ4n) is 4.49. The summed E-state index contributed by atoms with van der Waals surface area (Å²) in [4.78, 5) is 26.1. The van der Waals surface area contributed by atoms with Crippen LogP contribution in [0.15, 0.2) is 101 Å². The van der Waals surface area contributed by atoms with Crippen LogP contribution in [-0.4, -0.2) is 52.2 Å². The zero-order valence-corrected chi connectivity index (χ0v) is 25.8. The third-order valence-corrected chi connectivity index (χ3v) is 11.6. The summed E-state index contributed by atoms with van der Waals surface area (Å²) in [6.07, 6.45) is -1.67. The molecule has 226 valence electrons. The predicted octanol–water partition coefficient (Wildman–Crippen LogP) is 4.97. The van der Waals surface area contributed by atoms with Crippen molar-refractivity contribution < 1.29 is 35.9 Å². The Balaban J connectivity index is 2.24. The fraction of sp³-hybridized carbons (Fsp3) is 0.355. The normalized spacial score (nSPS) is 13.6. The van der Waals surface area contributed by atoms with Gasteiger partial charge in [-0.3, -0.25) is 4.79 Å². The molecule has 0 saturated heterocycles. The standard InChI is InChI=1S/C31H37NO8S2/c1-5-39-28(33)31(21-24-15-9-6-10-16-24,23-32-29(34)40-30(2,3)4)22-27(41(35,36)25-17-11-7-12-18-25)42(37,38)26-19-13-8-14-20-26/h6-20,27H,5,21-23H2,1-4H3,(H,32,34). The molecule has 11 heteroatoms. The van der Waals surface area contributed by atoms with Crippen LogP contribution in [0.4, 0.5) is 4.79 Å². The summed E-state index contributed by atoms with van der Waals surface area (Å²) < 4.78 is 65.3. The van der Waals surface area contributed by atoms with E-state index in [2.05, 4.69) is 5.32 Å². The number of ether oxygens (including phenoxy) is 2. The van der Waals surface area contributed by atoms with E-state index in [1.807, 2.05) is 0 Å². The lowest BCUT2D eigenvalue weighted by Gasteiger charge is -2.35. The first-order chi connectivity index (χ1) is 19.7. The van der Waals surface area contributed by atoms with Gasteiger partial charge in [0.15, 0.2) is 24.3 Å². The van der Waals surface area contributed by atoms with Gasteiger partial charge in [-0.15, -0.1) is 0 Å². The van der Waals surface area contributed by atoms with Crippen LogP contribution in [0.25, 0.3) is 0 Å². The summed E-state index contributed by atoms with van der Waals surface area (Å²) in [6.45, 7) is 6.10. The van der Waals surface area contributed by atoms with Gasteiger partial charge in [0, 0.05) is 6.54 Å². The highest BCUT2D eigenvalue weighted by atomic mass is 32.3. The van der Waals surface area contributed by atoms with Gasteiger partial charge in [0.2, 0.25) is 0 Å². The Morgan fingerprint density at radius 3 is 1.64 bits per heavy atom. The monoisotopic (exact) mass is 615 g/mol. The topological polar surface area (TPSA) is 133 Å². The molecule has 1 amide bonds. The Morgan fingerprint density at radius 1 is 0.762 bits per heavy atom. The van der Waals surface area contributed by atoms with Crippen molar-refractivity contribution in [1.29, 1.82) is 0 Å². The van der Waals surface area contributed by atoms with Gasteiger partial charge in [0.1, 0.15) is 5.60 Å². The first-order valence-corrected chi connectivity index (χ1v) is 16.6. The molecule has 0 heterocycles. The summed E-state index contributed by atoms with van der Waals surface area (Å²) in [6, 6.07) is 23.2. The highest BCUT2D eigenvalue weighted by Crippen LogP contribution is 2.38. The second-order valence-corrected chi connectivity index (χ2v) is 15.4. The van der Waals surface area contributed by atoms with Crippen LogP contribution in [0.1, 0.15) is 39.7 Å². The molecule has 1 atom stereocenters. The van der Waals surface area contributed by atoms with Gasteiger partial charge >= 0.3 is 12.1 Å². The highest BCUT2D eigenvalue weighted by Gasteiger charge is 2.50. The number of hydrogen-bond donors (Lipinski definition) is 1. The van der Waals surface area contributed by atoms with E-state index in [4.69, 9.17) is 9.47 Å². The predicted molar refractivity (Wildman–Crippen MR) is 159 cm³/mol. The van der Waals surface area contributed by atoms with Gasteiger partial charge < -0.3 is 14.8 Å². The SMILES string of the molecule is CCOC(=O)C(CNC(=O)OC(C)(C)C)(Cc1ccccc1)CC(S(=O)(=O)c1ccccc1)S(=O)(=O)c1ccccc1. The molecule has 3 rings (SSSR count). The maximum atomic E-state index is 14.1. The van der Waals surface area contributed by atoms with Gasteiger partial charge in [0.25, 0.3) is 0 Å². The van der Waals surface area contributed by atoms with Crippen LogP contribution >= 0.6 is 0 Å². The summed E-state index contributed by atoms with van der Waals surface area (Å²) in [7, 11) is -9.18. The third-order valence-electron chi connectivity index (χ3n) is 6.46. The number of sulfone groups is 2. The van der Waals surface area contributed by atoms with Crippen LogP contribution in [0.2, 0.25) is 0 Å². The van der Waals surface area contributed by atoms with E-state index in [1.54, 1.807) is 70.2 Å². The molecule has 1 unspecified atom stereocenters. The van der Waals surface area contributed by atoms with Crippen molar-refractivity contribution in [2.24, 2.45) is 5.41 Å². The van der Waals surface area contributed by atoms with Crippen LogP contribution in [-0.2, 0) is 40.4 Å². The number of carbonyl (C=O) groups is 2. The highest BCUT2D eigenvalue weighted by molar-refractivity contribution is 8.09. The Hall–Kier alpha value is -3.70. The van der Waals surface area contributed by atoms with E-state index in [1.165, 1.54) is 48.5 Å².